The van der Waals surface area contributed by atoms with Gasteiger partial charge in [-0.2, -0.15) is 0 Å². The van der Waals surface area contributed by atoms with E-state index in [4.69, 9.17) is 0 Å². The van der Waals surface area contributed by atoms with E-state index in [9.17, 15) is 10.2 Å². The Morgan fingerprint density at radius 1 is 0.633 bits per heavy atom. The molecular weight excluding hydrogens is 370 g/mol. The van der Waals surface area contributed by atoms with Crippen molar-refractivity contribution in [2.75, 3.05) is 13.1 Å². The number of hydrogen-bond acceptors (Lipinski definition) is 3. The zero-order valence-corrected chi connectivity index (χ0v) is 17.9. The molecule has 0 aliphatic carbocycles. The lowest BCUT2D eigenvalue weighted by molar-refractivity contribution is 0.202. The highest BCUT2D eigenvalue weighted by atomic mass is 16.3. The quantitative estimate of drug-likeness (QED) is 0.438. The van der Waals surface area contributed by atoms with E-state index in [1.165, 1.54) is 16.7 Å². The second-order valence-corrected chi connectivity index (χ2v) is 8.11. The van der Waals surface area contributed by atoms with E-state index >= 15 is 0 Å². The number of aryl methyl sites for hydroxylation is 2. The lowest BCUT2D eigenvalue weighted by Gasteiger charge is -2.29. The molecule has 0 aliphatic heterocycles. The molecule has 0 saturated carbocycles. The minimum absolute atomic E-state index is 0.325. The first-order valence-electron chi connectivity index (χ1n) is 10.9. The number of nitrogens with zero attached hydrogens (tertiary/aromatic N) is 1. The van der Waals surface area contributed by atoms with E-state index < -0.39 is 0 Å². The lowest BCUT2D eigenvalue weighted by atomic mass is 10.0. The number of phenolic OH excluding ortho intramolecular Hbond substituents is 2. The molecule has 3 rings (SSSR count). The second-order valence-electron chi connectivity index (χ2n) is 8.11. The van der Waals surface area contributed by atoms with Crippen molar-refractivity contribution < 1.29 is 10.2 Å². The molecule has 3 aromatic rings. The molecule has 0 fully saturated rings. The van der Waals surface area contributed by atoms with E-state index in [0.29, 0.717) is 17.5 Å². The molecule has 3 heteroatoms. The predicted octanol–water partition coefficient (Wildman–Crippen LogP) is 5.60. The normalized spacial score (nSPS) is 12.2. The first-order chi connectivity index (χ1) is 14.6. The minimum Gasteiger partial charge on any atom is -0.508 e. The third-order valence-electron chi connectivity index (χ3n) is 5.69. The zero-order chi connectivity index (χ0) is 21.2. The van der Waals surface area contributed by atoms with Gasteiger partial charge in [0.25, 0.3) is 0 Å². The van der Waals surface area contributed by atoms with Gasteiger partial charge in [0.2, 0.25) is 0 Å². The second kappa shape index (κ2) is 11.4. The van der Waals surface area contributed by atoms with Gasteiger partial charge in [-0.25, -0.2) is 0 Å². The highest BCUT2D eigenvalue weighted by Crippen LogP contribution is 2.16. The molecule has 0 heterocycles. The van der Waals surface area contributed by atoms with Crippen LogP contribution in [0.4, 0.5) is 0 Å². The van der Waals surface area contributed by atoms with Crippen LogP contribution < -0.4 is 0 Å². The smallest absolute Gasteiger partial charge is 0.115 e. The zero-order valence-electron chi connectivity index (χ0n) is 17.9. The molecule has 3 aromatic carbocycles. The Morgan fingerprint density at radius 2 is 1.10 bits per heavy atom. The Bertz CT molecular complexity index is 808. The van der Waals surface area contributed by atoms with Crippen LogP contribution in [0.5, 0.6) is 11.5 Å². The van der Waals surface area contributed by atoms with Gasteiger partial charge >= 0.3 is 0 Å². The first kappa shape index (κ1) is 21.9. The van der Waals surface area contributed by atoms with Gasteiger partial charge in [-0.1, -0.05) is 54.6 Å². The highest BCUT2D eigenvalue weighted by molar-refractivity contribution is 5.26. The Morgan fingerprint density at radius 3 is 1.57 bits per heavy atom. The van der Waals surface area contributed by atoms with Crippen molar-refractivity contribution in [1.29, 1.82) is 0 Å². The van der Waals surface area contributed by atoms with Crippen LogP contribution in [-0.4, -0.2) is 34.2 Å². The van der Waals surface area contributed by atoms with E-state index in [0.717, 1.165) is 45.2 Å². The number of rotatable bonds is 11. The Balaban J connectivity index is 1.55. The van der Waals surface area contributed by atoms with Gasteiger partial charge in [-0.15, -0.1) is 0 Å². The molecule has 0 radical (unpaired) electrons. The van der Waals surface area contributed by atoms with Crippen LogP contribution in [0.1, 0.15) is 36.5 Å². The largest absolute Gasteiger partial charge is 0.508 e. The van der Waals surface area contributed by atoms with Crippen molar-refractivity contribution in [2.45, 2.75) is 45.1 Å². The molecule has 0 amide bonds. The molecule has 0 spiro atoms. The maximum Gasteiger partial charge on any atom is 0.115 e. The average molecular weight is 404 g/mol. The summed E-state index contributed by atoms with van der Waals surface area (Å²) >= 11 is 0. The summed E-state index contributed by atoms with van der Waals surface area (Å²) in [4.78, 5) is 2.60. The molecule has 0 saturated heterocycles. The molecule has 30 heavy (non-hydrogen) atoms. The van der Waals surface area contributed by atoms with Crippen molar-refractivity contribution in [3.8, 4) is 11.5 Å². The van der Waals surface area contributed by atoms with Crippen LogP contribution in [0.2, 0.25) is 0 Å². The van der Waals surface area contributed by atoms with Gasteiger partial charge in [0.1, 0.15) is 11.5 Å². The SMILES string of the molecule is CC(Cc1ccccc1)N(CCCc1ccc(O)cc1)CCCc1ccc(O)cc1. The van der Waals surface area contributed by atoms with Crippen LogP contribution in [0.3, 0.4) is 0 Å². The number of benzene rings is 3. The molecule has 158 valence electrons. The first-order valence-corrected chi connectivity index (χ1v) is 10.9. The van der Waals surface area contributed by atoms with E-state index in [2.05, 4.69) is 42.2 Å². The van der Waals surface area contributed by atoms with Crippen molar-refractivity contribution in [2.24, 2.45) is 0 Å². The molecule has 0 aliphatic rings. The number of hydrogen-bond donors (Lipinski definition) is 2. The van der Waals surface area contributed by atoms with E-state index in [-0.39, 0.29) is 0 Å². The Kier molecular flexibility index (Phi) is 8.34. The van der Waals surface area contributed by atoms with Crippen LogP contribution in [0.25, 0.3) is 0 Å². The minimum atomic E-state index is 0.325. The van der Waals surface area contributed by atoms with Crippen molar-refractivity contribution in [1.82, 2.24) is 4.90 Å². The Hall–Kier alpha value is -2.78. The van der Waals surface area contributed by atoms with E-state index in [1.807, 2.05) is 24.3 Å². The third kappa shape index (κ3) is 7.23. The monoisotopic (exact) mass is 403 g/mol. The fourth-order valence-corrected chi connectivity index (χ4v) is 3.93. The fraction of sp³-hybridized carbons (Fsp3) is 0.333. The summed E-state index contributed by atoms with van der Waals surface area (Å²) in [5.74, 6) is 0.650. The van der Waals surface area contributed by atoms with Crippen LogP contribution in [0.15, 0.2) is 78.9 Å². The molecule has 0 bridgehead atoms. The standard InChI is InChI=1S/C27H33NO2/c1-22(21-25-7-3-2-4-8-25)28(19-5-9-23-11-15-26(29)16-12-23)20-6-10-24-13-17-27(30)18-14-24/h2-4,7-8,11-18,22,29-30H,5-6,9-10,19-21H2,1H3. The molecule has 1 unspecified atom stereocenters. The summed E-state index contributed by atoms with van der Waals surface area (Å²) in [6.45, 7) is 4.45. The summed E-state index contributed by atoms with van der Waals surface area (Å²) in [5.41, 5.74) is 3.92. The van der Waals surface area contributed by atoms with Gasteiger partial charge in [0, 0.05) is 6.04 Å². The summed E-state index contributed by atoms with van der Waals surface area (Å²) in [6, 6.07) is 26.3. The molecule has 0 aromatic heterocycles. The average Bonchev–Trinajstić information content (AvgIpc) is 2.76. The van der Waals surface area contributed by atoms with Gasteiger partial charge in [0.05, 0.1) is 0 Å². The van der Waals surface area contributed by atoms with Gasteiger partial charge in [-0.05, 0) is 93.1 Å². The molecular formula is C27H33NO2. The summed E-state index contributed by atoms with van der Waals surface area (Å²) in [7, 11) is 0. The predicted molar refractivity (Wildman–Crippen MR) is 124 cm³/mol. The fourth-order valence-electron chi connectivity index (χ4n) is 3.93. The maximum atomic E-state index is 9.47. The number of phenols is 2. The molecule has 3 nitrogen and oxygen atoms in total. The van der Waals surface area contributed by atoms with E-state index in [1.54, 1.807) is 24.3 Å². The van der Waals surface area contributed by atoms with Crippen molar-refractivity contribution in [3.63, 3.8) is 0 Å². The van der Waals surface area contributed by atoms with Crippen molar-refractivity contribution >= 4 is 0 Å². The lowest BCUT2D eigenvalue weighted by Crippen LogP contribution is -2.36. The third-order valence-corrected chi connectivity index (χ3v) is 5.69. The topological polar surface area (TPSA) is 43.7 Å². The van der Waals surface area contributed by atoms with Crippen LogP contribution in [0, 0.1) is 0 Å². The van der Waals surface area contributed by atoms with Crippen molar-refractivity contribution in [3.05, 3.63) is 95.6 Å². The Labute approximate surface area is 180 Å². The van der Waals surface area contributed by atoms with Crippen LogP contribution in [-0.2, 0) is 19.3 Å². The summed E-state index contributed by atoms with van der Waals surface area (Å²) in [6.07, 6.45) is 5.30. The molecule has 2 N–H and O–H groups in total. The van der Waals surface area contributed by atoms with Crippen LogP contribution >= 0.6 is 0 Å². The summed E-state index contributed by atoms with van der Waals surface area (Å²) in [5, 5.41) is 18.9. The summed E-state index contributed by atoms with van der Waals surface area (Å²) < 4.78 is 0. The maximum absolute atomic E-state index is 9.47. The highest BCUT2D eigenvalue weighted by Gasteiger charge is 2.14. The van der Waals surface area contributed by atoms with Gasteiger partial charge in [-0.3, -0.25) is 0 Å². The van der Waals surface area contributed by atoms with Gasteiger partial charge < -0.3 is 15.1 Å². The molecule has 1 atom stereocenters. The van der Waals surface area contributed by atoms with Gasteiger partial charge in [0.15, 0.2) is 0 Å². The number of aromatic hydroxyl groups is 2.